The fourth-order valence-corrected chi connectivity index (χ4v) is 4.70. The Kier molecular flexibility index (Phi) is 4.78. The third-order valence-electron chi connectivity index (χ3n) is 5.12. The fourth-order valence-electron chi connectivity index (χ4n) is 3.61. The largest absolute Gasteiger partial charge is 0.206 e. The second kappa shape index (κ2) is 7.20. The van der Waals surface area contributed by atoms with Gasteiger partial charge in [-0.05, 0) is 61.1 Å². The van der Waals surface area contributed by atoms with Gasteiger partial charge in [0.2, 0.25) is 0 Å². The molecule has 0 nitrogen and oxygen atoms in total. The number of aryl methyl sites for hydroxylation is 1. The van der Waals surface area contributed by atoms with Crippen LogP contribution in [0.2, 0.25) is 0 Å². The lowest BCUT2D eigenvalue weighted by Gasteiger charge is -2.06. The average molecular weight is 363 g/mol. The van der Waals surface area contributed by atoms with Crippen LogP contribution in [0.15, 0.2) is 66.2 Å². The van der Waals surface area contributed by atoms with Crippen LogP contribution in [0.3, 0.4) is 0 Å². The first-order valence-corrected chi connectivity index (χ1v) is 10.1. The van der Waals surface area contributed by atoms with E-state index in [-0.39, 0.29) is 5.82 Å². The minimum absolute atomic E-state index is 0.148. The number of rotatable bonds is 4. The molecule has 1 heterocycles. The van der Waals surface area contributed by atoms with E-state index in [1.165, 1.54) is 28.9 Å². The molecule has 0 spiro atoms. The Morgan fingerprint density at radius 1 is 1.00 bits per heavy atom. The maximum atomic E-state index is 14.8. The van der Waals surface area contributed by atoms with Crippen LogP contribution in [-0.4, -0.2) is 0 Å². The summed E-state index contributed by atoms with van der Waals surface area (Å²) in [6.07, 6.45) is 5.88. The zero-order valence-corrected chi connectivity index (χ0v) is 16.1. The SMILES string of the molecule is Cc1ccc(-c2ccc(-c3ccc(CC4=CC(C)CC4)s3)c(F)c2)cc1. The molecule has 0 radical (unpaired) electrons. The van der Waals surface area contributed by atoms with Crippen LogP contribution in [0.1, 0.15) is 30.2 Å². The molecule has 3 aromatic rings. The second-order valence-corrected chi connectivity index (χ2v) is 8.51. The van der Waals surface area contributed by atoms with Crippen molar-refractivity contribution in [2.45, 2.75) is 33.1 Å². The van der Waals surface area contributed by atoms with Gasteiger partial charge in [-0.25, -0.2) is 4.39 Å². The minimum atomic E-state index is -0.148. The zero-order valence-electron chi connectivity index (χ0n) is 15.3. The molecule has 0 fully saturated rings. The summed E-state index contributed by atoms with van der Waals surface area (Å²) in [5.41, 5.74) is 5.42. The Hall–Kier alpha value is -2.19. The topological polar surface area (TPSA) is 0 Å². The Morgan fingerprint density at radius 2 is 1.77 bits per heavy atom. The average Bonchev–Trinajstić information content (AvgIpc) is 3.25. The highest BCUT2D eigenvalue weighted by molar-refractivity contribution is 7.15. The molecule has 1 unspecified atom stereocenters. The third kappa shape index (κ3) is 3.66. The summed E-state index contributed by atoms with van der Waals surface area (Å²) in [7, 11) is 0. The molecule has 0 saturated carbocycles. The van der Waals surface area contributed by atoms with Crippen molar-refractivity contribution in [3.05, 3.63) is 82.5 Å². The van der Waals surface area contributed by atoms with Crippen LogP contribution in [0.5, 0.6) is 0 Å². The van der Waals surface area contributed by atoms with Gasteiger partial charge in [0.25, 0.3) is 0 Å². The molecule has 0 bridgehead atoms. The van der Waals surface area contributed by atoms with Crippen molar-refractivity contribution in [1.82, 2.24) is 0 Å². The van der Waals surface area contributed by atoms with Crippen molar-refractivity contribution in [3.8, 4) is 21.6 Å². The van der Waals surface area contributed by atoms with Gasteiger partial charge < -0.3 is 0 Å². The summed E-state index contributed by atoms with van der Waals surface area (Å²) in [5.74, 6) is 0.557. The highest BCUT2D eigenvalue weighted by Crippen LogP contribution is 2.35. The summed E-state index contributed by atoms with van der Waals surface area (Å²) in [6, 6.07) is 18.0. The van der Waals surface area contributed by atoms with Crippen molar-refractivity contribution in [2.24, 2.45) is 5.92 Å². The highest BCUT2D eigenvalue weighted by Gasteiger charge is 2.14. The van der Waals surface area contributed by atoms with Gasteiger partial charge in [0.15, 0.2) is 0 Å². The summed E-state index contributed by atoms with van der Waals surface area (Å²) in [6.45, 7) is 4.34. The summed E-state index contributed by atoms with van der Waals surface area (Å²) >= 11 is 1.71. The van der Waals surface area contributed by atoms with E-state index in [2.05, 4.69) is 44.2 Å². The molecular formula is C24H23FS. The van der Waals surface area contributed by atoms with E-state index >= 15 is 0 Å². The standard InChI is InChI=1S/C24H23FS/c1-16-4-7-19(8-5-16)20-9-11-22(23(25)15-20)24-12-10-21(26-24)14-18-6-3-17(2)13-18/h4-5,7-13,15,17H,3,6,14H2,1-2H3. The molecule has 132 valence electrons. The van der Waals surface area contributed by atoms with E-state index in [0.717, 1.165) is 22.4 Å². The maximum Gasteiger partial charge on any atom is 0.132 e. The lowest BCUT2D eigenvalue weighted by Crippen LogP contribution is -1.85. The second-order valence-electron chi connectivity index (χ2n) is 7.34. The quantitative estimate of drug-likeness (QED) is 0.423. The molecule has 1 atom stereocenters. The van der Waals surface area contributed by atoms with Gasteiger partial charge in [0.05, 0.1) is 0 Å². The van der Waals surface area contributed by atoms with Crippen molar-refractivity contribution >= 4 is 11.3 Å². The molecule has 1 aliphatic carbocycles. The van der Waals surface area contributed by atoms with Crippen LogP contribution < -0.4 is 0 Å². The number of hydrogen-bond donors (Lipinski definition) is 0. The molecule has 1 aliphatic rings. The number of halogens is 1. The fraction of sp³-hybridized carbons (Fsp3) is 0.250. The molecule has 2 aromatic carbocycles. The van der Waals surface area contributed by atoms with Crippen LogP contribution in [0.25, 0.3) is 21.6 Å². The van der Waals surface area contributed by atoms with E-state index < -0.39 is 0 Å². The molecular weight excluding hydrogens is 339 g/mol. The lowest BCUT2D eigenvalue weighted by atomic mass is 10.0. The van der Waals surface area contributed by atoms with Crippen molar-refractivity contribution in [1.29, 1.82) is 0 Å². The number of hydrogen-bond acceptors (Lipinski definition) is 1. The Labute approximate surface area is 159 Å². The minimum Gasteiger partial charge on any atom is -0.206 e. The molecule has 0 aliphatic heterocycles. The van der Waals surface area contributed by atoms with Crippen molar-refractivity contribution in [3.63, 3.8) is 0 Å². The maximum absolute atomic E-state index is 14.8. The molecule has 0 saturated heterocycles. The summed E-state index contributed by atoms with van der Waals surface area (Å²) in [5, 5.41) is 0. The van der Waals surface area contributed by atoms with Gasteiger partial charge in [0, 0.05) is 21.7 Å². The van der Waals surface area contributed by atoms with Gasteiger partial charge >= 0.3 is 0 Å². The predicted octanol–water partition coefficient (Wildman–Crippen LogP) is 7.43. The first-order valence-electron chi connectivity index (χ1n) is 9.24. The monoisotopic (exact) mass is 362 g/mol. The highest BCUT2D eigenvalue weighted by atomic mass is 32.1. The van der Waals surface area contributed by atoms with Crippen molar-refractivity contribution < 1.29 is 4.39 Å². The summed E-state index contributed by atoms with van der Waals surface area (Å²) < 4.78 is 14.8. The number of allylic oxidation sites excluding steroid dienone is 2. The Morgan fingerprint density at radius 3 is 2.46 bits per heavy atom. The van der Waals surface area contributed by atoms with E-state index in [0.29, 0.717) is 11.5 Å². The van der Waals surface area contributed by atoms with Gasteiger partial charge in [-0.3, -0.25) is 0 Å². The van der Waals surface area contributed by atoms with Gasteiger partial charge in [-0.1, -0.05) is 54.5 Å². The predicted molar refractivity (Wildman–Crippen MR) is 110 cm³/mol. The summed E-state index contributed by atoms with van der Waals surface area (Å²) in [4.78, 5) is 2.34. The third-order valence-corrected chi connectivity index (χ3v) is 6.24. The lowest BCUT2D eigenvalue weighted by molar-refractivity contribution is 0.632. The Balaban J connectivity index is 1.56. The molecule has 2 heteroatoms. The van der Waals surface area contributed by atoms with Crippen LogP contribution in [0, 0.1) is 18.7 Å². The Bertz CT molecular complexity index is 947. The zero-order chi connectivity index (χ0) is 18.1. The smallest absolute Gasteiger partial charge is 0.132 e. The van der Waals surface area contributed by atoms with Gasteiger partial charge in [-0.15, -0.1) is 11.3 Å². The number of thiophene rings is 1. The normalized spacial score (nSPS) is 16.7. The van der Waals surface area contributed by atoms with E-state index in [9.17, 15) is 4.39 Å². The van der Waals surface area contributed by atoms with Crippen molar-refractivity contribution in [2.75, 3.05) is 0 Å². The first kappa shape index (κ1) is 17.2. The van der Waals surface area contributed by atoms with E-state index in [1.807, 2.05) is 24.3 Å². The van der Waals surface area contributed by atoms with Gasteiger partial charge in [0.1, 0.15) is 5.82 Å². The molecule has 4 rings (SSSR count). The van der Waals surface area contributed by atoms with E-state index in [4.69, 9.17) is 0 Å². The van der Waals surface area contributed by atoms with Gasteiger partial charge in [-0.2, -0.15) is 0 Å². The number of benzene rings is 2. The first-order chi connectivity index (χ1) is 12.6. The molecule has 26 heavy (non-hydrogen) atoms. The van der Waals surface area contributed by atoms with Crippen LogP contribution in [0.4, 0.5) is 4.39 Å². The molecule has 1 aromatic heterocycles. The molecule has 0 N–H and O–H groups in total. The molecule has 0 amide bonds. The van der Waals surface area contributed by atoms with Crippen LogP contribution >= 0.6 is 11.3 Å². The van der Waals surface area contributed by atoms with Crippen LogP contribution in [-0.2, 0) is 6.42 Å². The van der Waals surface area contributed by atoms with E-state index in [1.54, 1.807) is 17.4 Å².